The molecule has 192 valence electrons. The molecule has 0 radical (unpaired) electrons. The highest BCUT2D eigenvalue weighted by Gasteiger charge is 2.19. The van der Waals surface area contributed by atoms with Gasteiger partial charge in [-0.05, 0) is 80.1 Å². The van der Waals surface area contributed by atoms with E-state index in [1.54, 1.807) is 12.1 Å². The van der Waals surface area contributed by atoms with Crippen LogP contribution in [0.25, 0.3) is 22.0 Å². The Balaban J connectivity index is 1.34. The molecule has 4 aromatic rings. The molecule has 37 heavy (non-hydrogen) atoms. The van der Waals surface area contributed by atoms with Crippen LogP contribution in [0.4, 0.5) is 17.1 Å². The molecule has 0 atom stereocenters. The first kappa shape index (κ1) is 25.0. The normalized spacial score (nSPS) is 14.9. The number of rotatable bonds is 6. The molecule has 0 bridgehead atoms. The van der Waals surface area contributed by atoms with E-state index in [2.05, 4.69) is 58.2 Å². The Kier molecular flexibility index (Phi) is 6.79. The van der Waals surface area contributed by atoms with Crippen molar-refractivity contribution in [3.63, 3.8) is 0 Å². The average Bonchev–Trinajstić information content (AvgIpc) is 2.88. The van der Waals surface area contributed by atoms with Crippen LogP contribution in [0.2, 0.25) is 0 Å². The summed E-state index contributed by atoms with van der Waals surface area (Å²) in [6.45, 7) is 8.74. The number of aromatic nitrogens is 1. The van der Waals surface area contributed by atoms with Gasteiger partial charge in [-0.15, -0.1) is 0 Å². The van der Waals surface area contributed by atoms with Gasteiger partial charge in [-0.25, -0.2) is 8.42 Å². The Hall–Kier alpha value is -3.62. The second-order valence-electron chi connectivity index (χ2n) is 9.90. The highest BCUT2D eigenvalue weighted by Crippen LogP contribution is 2.26. The molecular formula is C29H32N4O3S. The summed E-state index contributed by atoms with van der Waals surface area (Å²) in [5, 5.41) is 4.34. The first-order valence-electron chi connectivity index (χ1n) is 12.5. The van der Waals surface area contributed by atoms with Gasteiger partial charge in [0.25, 0.3) is 5.56 Å². The summed E-state index contributed by atoms with van der Waals surface area (Å²) < 4.78 is 23.5. The lowest BCUT2D eigenvalue weighted by molar-refractivity contribution is 0.209. The number of hydrogen-bond donors (Lipinski definition) is 2. The van der Waals surface area contributed by atoms with Crippen LogP contribution < -0.4 is 15.8 Å². The fourth-order valence-electron chi connectivity index (χ4n) is 4.80. The van der Waals surface area contributed by atoms with Crippen molar-refractivity contribution in [2.75, 3.05) is 42.7 Å². The number of nitrogens with one attached hydrogen (secondary N) is 2. The Bertz CT molecular complexity index is 1570. The van der Waals surface area contributed by atoms with Crippen LogP contribution in [-0.4, -0.2) is 56.8 Å². The maximum atomic E-state index is 12.7. The first-order chi connectivity index (χ1) is 17.7. The molecule has 1 aliphatic heterocycles. The van der Waals surface area contributed by atoms with Crippen LogP contribution in [0.3, 0.4) is 0 Å². The Morgan fingerprint density at radius 2 is 1.49 bits per heavy atom. The van der Waals surface area contributed by atoms with E-state index >= 15 is 0 Å². The summed E-state index contributed by atoms with van der Waals surface area (Å²) in [7, 11) is -3.30. The largest absolute Gasteiger partial charge is 0.369 e. The number of piperazine rings is 1. The van der Waals surface area contributed by atoms with Crippen molar-refractivity contribution in [2.45, 2.75) is 24.8 Å². The Labute approximate surface area is 217 Å². The fraction of sp³-hybridized carbons (Fsp3) is 0.276. The number of benzene rings is 3. The summed E-state index contributed by atoms with van der Waals surface area (Å²) in [4.78, 5) is 20.8. The van der Waals surface area contributed by atoms with Crippen LogP contribution in [0.1, 0.15) is 13.8 Å². The van der Waals surface area contributed by atoms with E-state index in [1.165, 1.54) is 24.1 Å². The van der Waals surface area contributed by atoms with E-state index in [-0.39, 0.29) is 10.5 Å². The smallest absolute Gasteiger partial charge is 0.256 e. The molecule has 3 aromatic carbocycles. The molecule has 8 heteroatoms. The standard InChI is InChI=1S/C29H32N4O3S/c1-20(2)32-14-16-33(17-15-32)25-9-6-23(7-10-25)30-24-8-13-28-22(18-24)19-27(29(34)31-28)21-4-11-26(12-5-21)37(3,35)36/h4-13,18-20,30H,14-17H2,1-3H3,(H,31,34). The number of nitrogens with zero attached hydrogens (tertiary/aromatic N) is 2. The van der Waals surface area contributed by atoms with Crippen molar-refractivity contribution in [1.82, 2.24) is 9.88 Å². The number of aromatic amines is 1. The number of pyridine rings is 1. The zero-order valence-electron chi connectivity index (χ0n) is 21.4. The number of sulfone groups is 1. The molecule has 0 aliphatic carbocycles. The van der Waals surface area contributed by atoms with Crippen molar-refractivity contribution in [1.29, 1.82) is 0 Å². The van der Waals surface area contributed by atoms with Gasteiger partial charge in [-0.1, -0.05) is 12.1 Å². The number of anilines is 3. The van der Waals surface area contributed by atoms with Gasteiger partial charge in [0.05, 0.1) is 4.90 Å². The Morgan fingerprint density at radius 1 is 0.838 bits per heavy atom. The predicted octanol–water partition coefficient (Wildman–Crippen LogP) is 4.87. The van der Waals surface area contributed by atoms with Crippen molar-refractivity contribution >= 4 is 37.8 Å². The first-order valence-corrected chi connectivity index (χ1v) is 14.4. The zero-order valence-corrected chi connectivity index (χ0v) is 22.2. The topological polar surface area (TPSA) is 85.5 Å². The van der Waals surface area contributed by atoms with E-state index in [1.807, 2.05) is 24.3 Å². The van der Waals surface area contributed by atoms with Crippen molar-refractivity contribution < 1.29 is 8.42 Å². The van der Waals surface area contributed by atoms with Gasteiger partial charge in [0.2, 0.25) is 0 Å². The van der Waals surface area contributed by atoms with Gasteiger partial charge in [0.15, 0.2) is 9.84 Å². The summed E-state index contributed by atoms with van der Waals surface area (Å²) >= 11 is 0. The molecule has 1 saturated heterocycles. The molecule has 1 aromatic heterocycles. The minimum atomic E-state index is -3.30. The fourth-order valence-corrected chi connectivity index (χ4v) is 5.43. The number of H-pyrrole nitrogens is 1. The van der Waals surface area contributed by atoms with E-state index in [0.29, 0.717) is 17.2 Å². The predicted molar refractivity (Wildman–Crippen MR) is 152 cm³/mol. The van der Waals surface area contributed by atoms with Gasteiger partial charge in [0, 0.05) is 72.0 Å². The lowest BCUT2D eigenvalue weighted by Gasteiger charge is -2.38. The maximum absolute atomic E-state index is 12.7. The minimum absolute atomic E-state index is 0.217. The summed E-state index contributed by atoms with van der Waals surface area (Å²) in [5.74, 6) is 0. The molecular weight excluding hydrogens is 484 g/mol. The Morgan fingerprint density at radius 3 is 2.11 bits per heavy atom. The molecule has 0 amide bonds. The number of hydrogen-bond acceptors (Lipinski definition) is 6. The van der Waals surface area contributed by atoms with Gasteiger partial charge in [0.1, 0.15) is 0 Å². The van der Waals surface area contributed by atoms with E-state index < -0.39 is 9.84 Å². The monoisotopic (exact) mass is 516 g/mol. The van der Waals surface area contributed by atoms with E-state index in [4.69, 9.17) is 0 Å². The minimum Gasteiger partial charge on any atom is -0.369 e. The van der Waals surface area contributed by atoms with Gasteiger partial charge < -0.3 is 15.2 Å². The molecule has 2 heterocycles. The lowest BCUT2D eigenvalue weighted by Crippen LogP contribution is -2.48. The second kappa shape index (κ2) is 10.0. The average molecular weight is 517 g/mol. The highest BCUT2D eigenvalue weighted by molar-refractivity contribution is 7.90. The third kappa shape index (κ3) is 5.55. The molecule has 0 saturated carbocycles. The van der Waals surface area contributed by atoms with Crippen LogP contribution in [-0.2, 0) is 9.84 Å². The van der Waals surface area contributed by atoms with E-state index in [9.17, 15) is 13.2 Å². The third-order valence-corrected chi connectivity index (χ3v) is 8.13. The SMILES string of the molecule is CC(C)N1CCN(c2ccc(Nc3ccc4[nH]c(=O)c(-c5ccc(S(C)(=O)=O)cc5)cc4c3)cc2)CC1. The van der Waals surface area contributed by atoms with Crippen LogP contribution in [0, 0.1) is 0 Å². The maximum Gasteiger partial charge on any atom is 0.256 e. The molecule has 0 unspecified atom stereocenters. The van der Waals surface area contributed by atoms with E-state index in [0.717, 1.165) is 48.5 Å². The highest BCUT2D eigenvalue weighted by atomic mass is 32.2. The molecule has 5 rings (SSSR count). The van der Waals surface area contributed by atoms with Gasteiger partial charge in [-0.2, -0.15) is 0 Å². The molecule has 0 spiro atoms. The van der Waals surface area contributed by atoms with Gasteiger partial charge >= 0.3 is 0 Å². The molecule has 7 nitrogen and oxygen atoms in total. The summed E-state index contributed by atoms with van der Waals surface area (Å²) in [6.07, 6.45) is 1.17. The number of fused-ring (bicyclic) bond motifs is 1. The summed E-state index contributed by atoms with van der Waals surface area (Å²) in [6, 6.07) is 23.1. The van der Waals surface area contributed by atoms with Crippen molar-refractivity contribution in [2.24, 2.45) is 0 Å². The van der Waals surface area contributed by atoms with Crippen LogP contribution in [0.5, 0.6) is 0 Å². The van der Waals surface area contributed by atoms with Gasteiger partial charge in [-0.3, -0.25) is 9.69 Å². The quantitative estimate of drug-likeness (QED) is 0.380. The van der Waals surface area contributed by atoms with Crippen LogP contribution in [0.15, 0.2) is 82.5 Å². The van der Waals surface area contributed by atoms with Crippen molar-refractivity contribution in [3.05, 3.63) is 83.2 Å². The lowest BCUT2D eigenvalue weighted by atomic mass is 10.0. The summed E-state index contributed by atoms with van der Waals surface area (Å²) in [5.41, 5.74) is 4.82. The molecule has 1 aliphatic rings. The molecule has 2 N–H and O–H groups in total. The molecule has 1 fully saturated rings. The second-order valence-corrected chi connectivity index (χ2v) is 11.9. The van der Waals surface area contributed by atoms with Crippen molar-refractivity contribution in [3.8, 4) is 11.1 Å². The van der Waals surface area contributed by atoms with Crippen LogP contribution >= 0.6 is 0 Å². The zero-order chi connectivity index (χ0) is 26.2. The third-order valence-electron chi connectivity index (χ3n) is 7.00.